The maximum atomic E-state index is 11.7. The predicted octanol–water partition coefficient (Wildman–Crippen LogP) is 2.72. The Kier molecular flexibility index (Phi) is 6.17. The first-order chi connectivity index (χ1) is 12.4. The number of nitro benzene ring substituents is 2. The van der Waals surface area contributed by atoms with Gasteiger partial charge in [0.25, 0.3) is 17.3 Å². The Morgan fingerprint density at radius 1 is 1.12 bits per heavy atom. The van der Waals surface area contributed by atoms with Crippen LogP contribution in [0, 0.1) is 20.2 Å². The zero-order valence-corrected chi connectivity index (χ0v) is 13.8. The molecule has 0 atom stereocenters. The summed E-state index contributed by atoms with van der Waals surface area (Å²) in [6.07, 6.45) is 1.18. The highest BCUT2D eigenvalue weighted by Gasteiger charge is 2.09. The topological polar surface area (TPSA) is 140 Å². The Morgan fingerprint density at radius 3 is 2.50 bits per heavy atom. The number of benzene rings is 2. The van der Waals surface area contributed by atoms with Gasteiger partial charge in [-0.25, -0.2) is 5.43 Å². The van der Waals surface area contributed by atoms with Crippen molar-refractivity contribution in [2.45, 2.75) is 0 Å². The number of nitro groups is 2. The maximum absolute atomic E-state index is 11.7. The van der Waals surface area contributed by atoms with Gasteiger partial charge in [-0.15, -0.1) is 0 Å². The van der Waals surface area contributed by atoms with Crippen LogP contribution < -0.4 is 10.7 Å². The van der Waals surface area contributed by atoms with Crippen LogP contribution in [0.2, 0.25) is 5.02 Å². The Balaban J connectivity index is 1.92. The largest absolute Gasteiger partial charge is 0.376 e. The standard InChI is InChI=1S/C15H12ClN5O5/c16-14-5-4-13(21(25)26)6-10(14)8-18-19-15(22)9-17-11-2-1-3-12(7-11)20(23)24/h1-8,17H,9H2,(H,19,22)/b18-8+. The summed E-state index contributed by atoms with van der Waals surface area (Å²) < 4.78 is 0. The van der Waals surface area contributed by atoms with Crippen LogP contribution in [0.1, 0.15) is 5.56 Å². The molecule has 0 bridgehead atoms. The predicted molar refractivity (Wildman–Crippen MR) is 95.4 cm³/mol. The first kappa shape index (κ1) is 18.8. The zero-order valence-electron chi connectivity index (χ0n) is 13.1. The zero-order chi connectivity index (χ0) is 19.1. The molecule has 134 valence electrons. The molecule has 0 saturated carbocycles. The summed E-state index contributed by atoms with van der Waals surface area (Å²) >= 11 is 5.90. The molecule has 0 fully saturated rings. The number of nitrogens with zero attached hydrogens (tertiary/aromatic N) is 3. The Morgan fingerprint density at radius 2 is 1.81 bits per heavy atom. The van der Waals surface area contributed by atoms with Crippen LogP contribution in [0.25, 0.3) is 0 Å². The summed E-state index contributed by atoms with van der Waals surface area (Å²) in [4.78, 5) is 32.0. The minimum Gasteiger partial charge on any atom is -0.376 e. The number of rotatable bonds is 7. The highest BCUT2D eigenvalue weighted by atomic mass is 35.5. The fourth-order valence-electron chi connectivity index (χ4n) is 1.87. The number of amides is 1. The number of nitrogens with one attached hydrogen (secondary N) is 2. The van der Waals surface area contributed by atoms with Crippen molar-refractivity contribution in [2.24, 2.45) is 5.10 Å². The summed E-state index contributed by atoms with van der Waals surface area (Å²) in [5.74, 6) is -0.519. The Bertz CT molecular complexity index is 886. The monoisotopic (exact) mass is 377 g/mol. The fraction of sp³-hybridized carbons (Fsp3) is 0.0667. The second kappa shape index (κ2) is 8.53. The van der Waals surface area contributed by atoms with E-state index in [1.165, 1.54) is 42.6 Å². The van der Waals surface area contributed by atoms with Crippen molar-refractivity contribution in [3.8, 4) is 0 Å². The van der Waals surface area contributed by atoms with Gasteiger partial charge < -0.3 is 5.32 Å². The average molecular weight is 378 g/mol. The molecule has 0 aliphatic heterocycles. The van der Waals surface area contributed by atoms with Crippen molar-refractivity contribution in [1.29, 1.82) is 0 Å². The van der Waals surface area contributed by atoms with E-state index in [-0.39, 0.29) is 28.5 Å². The Hall–Kier alpha value is -3.53. The van der Waals surface area contributed by atoms with Crippen molar-refractivity contribution in [3.05, 3.63) is 73.3 Å². The molecular formula is C15H12ClN5O5. The molecule has 0 aliphatic rings. The van der Waals surface area contributed by atoms with Crippen LogP contribution in [-0.4, -0.2) is 28.5 Å². The number of halogens is 1. The molecule has 2 aromatic carbocycles. The molecular weight excluding hydrogens is 366 g/mol. The number of hydrazone groups is 1. The third-order valence-corrected chi connectivity index (χ3v) is 3.44. The minimum absolute atomic E-state index is 0.103. The van der Waals surface area contributed by atoms with Gasteiger partial charge in [0.05, 0.1) is 22.6 Å². The van der Waals surface area contributed by atoms with E-state index in [0.717, 1.165) is 0 Å². The highest BCUT2D eigenvalue weighted by Crippen LogP contribution is 2.20. The van der Waals surface area contributed by atoms with Gasteiger partial charge in [-0.3, -0.25) is 25.0 Å². The van der Waals surface area contributed by atoms with Gasteiger partial charge >= 0.3 is 0 Å². The quantitative estimate of drug-likeness (QED) is 0.432. The molecule has 26 heavy (non-hydrogen) atoms. The van der Waals surface area contributed by atoms with E-state index in [1.54, 1.807) is 6.07 Å². The second-order valence-corrected chi connectivity index (χ2v) is 5.32. The maximum Gasteiger partial charge on any atom is 0.271 e. The van der Waals surface area contributed by atoms with Gasteiger partial charge in [-0.05, 0) is 12.1 Å². The van der Waals surface area contributed by atoms with Gasteiger partial charge in [-0.1, -0.05) is 17.7 Å². The van der Waals surface area contributed by atoms with Crippen LogP contribution in [0.3, 0.4) is 0 Å². The van der Waals surface area contributed by atoms with E-state index in [0.29, 0.717) is 5.69 Å². The molecule has 2 aromatic rings. The summed E-state index contributed by atoms with van der Waals surface area (Å²) in [6.45, 7) is -0.179. The lowest BCUT2D eigenvalue weighted by Gasteiger charge is -2.05. The summed E-state index contributed by atoms with van der Waals surface area (Å²) in [7, 11) is 0. The molecule has 0 aromatic heterocycles. The lowest BCUT2D eigenvalue weighted by Crippen LogP contribution is -2.25. The fourth-order valence-corrected chi connectivity index (χ4v) is 2.04. The van der Waals surface area contributed by atoms with Crippen molar-refractivity contribution < 1.29 is 14.6 Å². The van der Waals surface area contributed by atoms with Gasteiger partial charge in [0.1, 0.15) is 0 Å². The Labute approximate surface area is 151 Å². The molecule has 0 radical (unpaired) electrons. The summed E-state index contributed by atoms with van der Waals surface area (Å²) in [6, 6.07) is 9.51. The van der Waals surface area contributed by atoms with Crippen LogP contribution in [0.5, 0.6) is 0 Å². The van der Waals surface area contributed by atoms with Gasteiger partial charge in [0, 0.05) is 40.5 Å². The third kappa shape index (κ3) is 5.24. The molecule has 0 aliphatic carbocycles. The number of hydrogen-bond acceptors (Lipinski definition) is 7. The van der Waals surface area contributed by atoms with Crippen molar-refractivity contribution in [3.63, 3.8) is 0 Å². The van der Waals surface area contributed by atoms with Gasteiger partial charge in [0.2, 0.25) is 0 Å². The van der Waals surface area contributed by atoms with E-state index >= 15 is 0 Å². The van der Waals surface area contributed by atoms with E-state index in [9.17, 15) is 25.0 Å². The highest BCUT2D eigenvalue weighted by molar-refractivity contribution is 6.33. The minimum atomic E-state index is -0.574. The van der Waals surface area contributed by atoms with Crippen molar-refractivity contribution in [1.82, 2.24) is 5.43 Å². The summed E-state index contributed by atoms with van der Waals surface area (Å²) in [5.41, 5.74) is 2.63. The van der Waals surface area contributed by atoms with E-state index < -0.39 is 15.8 Å². The molecule has 0 saturated heterocycles. The molecule has 2 N–H and O–H groups in total. The van der Waals surface area contributed by atoms with Crippen LogP contribution in [-0.2, 0) is 4.79 Å². The lowest BCUT2D eigenvalue weighted by atomic mass is 10.2. The number of carbonyl (C=O) groups is 1. The molecule has 0 unspecified atom stereocenters. The summed E-state index contributed by atoms with van der Waals surface area (Å²) in [5, 5.41) is 28.1. The molecule has 11 heteroatoms. The number of anilines is 1. The third-order valence-electron chi connectivity index (χ3n) is 3.09. The van der Waals surface area contributed by atoms with Crippen molar-refractivity contribution >= 4 is 40.8 Å². The molecule has 10 nitrogen and oxygen atoms in total. The van der Waals surface area contributed by atoms with E-state index in [4.69, 9.17) is 11.6 Å². The lowest BCUT2D eigenvalue weighted by molar-refractivity contribution is -0.385. The smallest absolute Gasteiger partial charge is 0.271 e. The average Bonchev–Trinajstić information content (AvgIpc) is 2.61. The van der Waals surface area contributed by atoms with Crippen LogP contribution in [0.15, 0.2) is 47.6 Å². The molecule has 0 spiro atoms. The van der Waals surface area contributed by atoms with Crippen LogP contribution >= 0.6 is 11.6 Å². The normalized spacial score (nSPS) is 10.5. The SMILES string of the molecule is O=C(CNc1cccc([N+](=O)[O-])c1)N/N=C/c1cc([N+](=O)[O-])ccc1Cl. The number of hydrogen-bond donors (Lipinski definition) is 2. The number of carbonyl (C=O) groups excluding carboxylic acids is 1. The number of non-ortho nitro benzene ring substituents is 2. The van der Waals surface area contributed by atoms with Gasteiger partial charge in [-0.2, -0.15) is 5.10 Å². The first-order valence-electron chi connectivity index (χ1n) is 7.11. The molecule has 1 amide bonds. The van der Waals surface area contributed by atoms with Gasteiger partial charge in [0.15, 0.2) is 0 Å². The second-order valence-electron chi connectivity index (χ2n) is 4.92. The van der Waals surface area contributed by atoms with Crippen molar-refractivity contribution in [2.75, 3.05) is 11.9 Å². The molecule has 0 heterocycles. The van der Waals surface area contributed by atoms with E-state index in [1.807, 2.05) is 0 Å². The molecule has 2 rings (SSSR count). The first-order valence-corrected chi connectivity index (χ1v) is 7.49. The van der Waals surface area contributed by atoms with Crippen LogP contribution in [0.4, 0.5) is 17.1 Å². The van der Waals surface area contributed by atoms with E-state index in [2.05, 4.69) is 15.8 Å².